The zero-order valence-corrected chi connectivity index (χ0v) is 12.0. The molecule has 0 spiro atoms. The molecule has 0 aliphatic heterocycles. The van der Waals surface area contributed by atoms with Gasteiger partial charge in [-0.25, -0.2) is 9.97 Å². The number of aromatic nitrogens is 2. The number of hydrogen-bond acceptors (Lipinski definition) is 2. The van der Waals surface area contributed by atoms with Gasteiger partial charge in [0.2, 0.25) is 0 Å². The molecule has 0 unspecified atom stereocenters. The van der Waals surface area contributed by atoms with E-state index in [1.54, 1.807) is 0 Å². The molecule has 0 atom stereocenters. The van der Waals surface area contributed by atoms with Crippen LogP contribution in [0.4, 0.5) is 0 Å². The van der Waals surface area contributed by atoms with Crippen molar-refractivity contribution in [2.24, 2.45) is 0 Å². The molecule has 0 saturated heterocycles. The van der Waals surface area contributed by atoms with Crippen molar-refractivity contribution in [2.45, 2.75) is 51.4 Å². The highest BCUT2D eigenvalue weighted by molar-refractivity contribution is 9.10. The SMILES string of the molecule is CC(C)c1nc(Cl)c(Br)c(C2CCCC2)n1. The molecule has 4 heteroatoms. The molecule has 0 N–H and O–H groups in total. The number of nitrogens with zero attached hydrogens (tertiary/aromatic N) is 2. The molecule has 1 saturated carbocycles. The summed E-state index contributed by atoms with van der Waals surface area (Å²) in [6.45, 7) is 4.19. The third kappa shape index (κ3) is 2.40. The van der Waals surface area contributed by atoms with Crippen LogP contribution in [0, 0.1) is 0 Å². The summed E-state index contributed by atoms with van der Waals surface area (Å²) in [4.78, 5) is 8.98. The maximum absolute atomic E-state index is 6.14. The van der Waals surface area contributed by atoms with Crippen molar-refractivity contribution in [3.63, 3.8) is 0 Å². The Balaban J connectivity index is 2.41. The Kier molecular flexibility index (Phi) is 3.85. The Morgan fingerprint density at radius 1 is 1.25 bits per heavy atom. The van der Waals surface area contributed by atoms with Gasteiger partial charge in [0.25, 0.3) is 0 Å². The van der Waals surface area contributed by atoms with E-state index < -0.39 is 0 Å². The molecule has 1 fully saturated rings. The summed E-state index contributed by atoms with van der Waals surface area (Å²) < 4.78 is 0.894. The summed E-state index contributed by atoms with van der Waals surface area (Å²) in [6.07, 6.45) is 5.05. The lowest BCUT2D eigenvalue weighted by Crippen LogP contribution is -2.06. The summed E-state index contributed by atoms with van der Waals surface area (Å²) >= 11 is 9.66. The average molecular weight is 304 g/mol. The van der Waals surface area contributed by atoms with Gasteiger partial charge in [-0.2, -0.15) is 0 Å². The second-order valence-corrected chi connectivity index (χ2v) is 5.86. The third-order valence-corrected chi connectivity index (χ3v) is 4.40. The largest absolute Gasteiger partial charge is 0.236 e. The van der Waals surface area contributed by atoms with Crippen LogP contribution in [-0.2, 0) is 0 Å². The van der Waals surface area contributed by atoms with E-state index in [1.807, 2.05) is 0 Å². The summed E-state index contributed by atoms with van der Waals surface area (Å²) in [5.74, 6) is 1.74. The normalized spacial score (nSPS) is 17.3. The van der Waals surface area contributed by atoms with E-state index in [4.69, 9.17) is 11.6 Å². The molecule has 1 aliphatic rings. The Bertz CT molecular complexity index is 387. The van der Waals surface area contributed by atoms with Crippen molar-refractivity contribution < 1.29 is 0 Å². The van der Waals surface area contributed by atoms with Gasteiger partial charge in [-0.05, 0) is 28.8 Å². The van der Waals surface area contributed by atoms with E-state index in [2.05, 4.69) is 39.7 Å². The highest BCUT2D eigenvalue weighted by Crippen LogP contribution is 2.38. The molecule has 88 valence electrons. The average Bonchev–Trinajstić information content (AvgIpc) is 2.74. The van der Waals surface area contributed by atoms with Gasteiger partial charge in [-0.1, -0.05) is 38.3 Å². The quantitative estimate of drug-likeness (QED) is 0.742. The van der Waals surface area contributed by atoms with Crippen LogP contribution in [0.1, 0.15) is 62.9 Å². The minimum Gasteiger partial charge on any atom is -0.236 e. The molecule has 0 aromatic carbocycles. The van der Waals surface area contributed by atoms with Gasteiger partial charge in [0, 0.05) is 11.8 Å². The molecular formula is C12H16BrClN2. The first-order chi connectivity index (χ1) is 7.59. The Hall–Kier alpha value is -0.150. The van der Waals surface area contributed by atoms with E-state index in [0.29, 0.717) is 17.0 Å². The lowest BCUT2D eigenvalue weighted by molar-refractivity contribution is 0.664. The van der Waals surface area contributed by atoms with Crippen molar-refractivity contribution in [1.82, 2.24) is 9.97 Å². The Morgan fingerprint density at radius 2 is 1.88 bits per heavy atom. The van der Waals surface area contributed by atoms with Crippen molar-refractivity contribution >= 4 is 27.5 Å². The summed E-state index contributed by atoms with van der Waals surface area (Å²) in [5, 5.41) is 0.556. The molecule has 1 aromatic rings. The molecule has 1 aliphatic carbocycles. The van der Waals surface area contributed by atoms with Crippen molar-refractivity contribution in [1.29, 1.82) is 0 Å². The van der Waals surface area contributed by atoms with Crippen LogP contribution >= 0.6 is 27.5 Å². The zero-order valence-electron chi connectivity index (χ0n) is 9.63. The van der Waals surface area contributed by atoms with E-state index in [0.717, 1.165) is 16.0 Å². The fraction of sp³-hybridized carbons (Fsp3) is 0.667. The van der Waals surface area contributed by atoms with Gasteiger partial charge in [0.1, 0.15) is 11.0 Å². The number of halogens is 2. The van der Waals surface area contributed by atoms with Crippen molar-refractivity contribution in [2.75, 3.05) is 0 Å². The van der Waals surface area contributed by atoms with E-state index in [-0.39, 0.29) is 0 Å². The standard InChI is InChI=1S/C12H16BrClN2/c1-7(2)12-15-10(8-5-3-4-6-8)9(13)11(14)16-12/h7-8H,3-6H2,1-2H3. The van der Waals surface area contributed by atoms with E-state index in [9.17, 15) is 0 Å². The molecule has 16 heavy (non-hydrogen) atoms. The second kappa shape index (κ2) is 5.01. The molecule has 2 rings (SSSR count). The molecule has 1 aromatic heterocycles. The van der Waals surface area contributed by atoms with Crippen LogP contribution in [0.3, 0.4) is 0 Å². The van der Waals surface area contributed by atoms with Crippen LogP contribution < -0.4 is 0 Å². The predicted octanol–water partition coefficient (Wildman–Crippen LogP) is 4.67. The fourth-order valence-electron chi connectivity index (χ4n) is 2.18. The highest BCUT2D eigenvalue weighted by Gasteiger charge is 2.23. The lowest BCUT2D eigenvalue weighted by Gasteiger charge is -2.14. The third-order valence-electron chi connectivity index (χ3n) is 3.11. The van der Waals surface area contributed by atoms with Crippen LogP contribution in [0.2, 0.25) is 5.15 Å². The summed E-state index contributed by atoms with van der Waals surface area (Å²) in [5.41, 5.74) is 1.11. The molecule has 0 radical (unpaired) electrons. The van der Waals surface area contributed by atoms with E-state index >= 15 is 0 Å². The topological polar surface area (TPSA) is 25.8 Å². The summed E-state index contributed by atoms with van der Waals surface area (Å²) in [6, 6.07) is 0. The van der Waals surface area contributed by atoms with Crippen molar-refractivity contribution in [3.05, 3.63) is 21.1 Å². The van der Waals surface area contributed by atoms with Gasteiger partial charge in [-0.3, -0.25) is 0 Å². The Morgan fingerprint density at radius 3 is 2.44 bits per heavy atom. The van der Waals surface area contributed by atoms with Crippen molar-refractivity contribution in [3.8, 4) is 0 Å². The molecular weight excluding hydrogens is 288 g/mol. The minimum absolute atomic E-state index is 0.325. The molecule has 0 amide bonds. The molecule has 0 bridgehead atoms. The first kappa shape index (κ1) is 12.3. The maximum Gasteiger partial charge on any atom is 0.147 e. The minimum atomic E-state index is 0.325. The van der Waals surface area contributed by atoms with E-state index in [1.165, 1.54) is 25.7 Å². The second-order valence-electron chi connectivity index (χ2n) is 4.71. The fourth-order valence-corrected chi connectivity index (χ4v) is 2.87. The Labute approximate surface area is 110 Å². The summed E-state index contributed by atoms with van der Waals surface area (Å²) in [7, 11) is 0. The van der Waals surface area contributed by atoms with Gasteiger partial charge in [0.15, 0.2) is 0 Å². The van der Waals surface area contributed by atoms with Gasteiger partial charge in [-0.15, -0.1) is 0 Å². The first-order valence-electron chi connectivity index (χ1n) is 5.82. The predicted molar refractivity (Wildman–Crippen MR) is 70.0 cm³/mol. The van der Waals surface area contributed by atoms with Crippen LogP contribution in [0.5, 0.6) is 0 Å². The zero-order chi connectivity index (χ0) is 11.7. The lowest BCUT2D eigenvalue weighted by atomic mass is 10.0. The number of hydrogen-bond donors (Lipinski definition) is 0. The molecule has 1 heterocycles. The van der Waals surface area contributed by atoms with Crippen LogP contribution in [0.25, 0.3) is 0 Å². The highest BCUT2D eigenvalue weighted by atomic mass is 79.9. The monoisotopic (exact) mass is 302 g/mol. The van der Waals surface area contributed by atoms with Crippen LogP contribution in [0.15, 0.2) is 4.47 Å². The van der Waals surface area contributed by atoms with Gasteiger partial charge in [0.05, 0.1) is 10.2 Å². The van der Waals surface area contributed by atoms with Crippen LogP contribution in [-0.4, -0.2) is 9.97 Å². The molecule has 2 nitrogen and oxygen atoms in total. The van der Waals surface area contributed by atoms with Gasteiger partial charge < -0.3 is 0 Å². The first-order valence-corrected chi connectivity index (χ1v) is 6.99. The smallest absolute Gasteiger partial charge is 0.147 e. The maximum atomic E-state index is 6.14. The number of rotatable bonds is 2. The van der Waals surface area contributed by atoms with Gasteiger partial charge >= 0.3 is 0 Å².